The number of hydrogen-bond acceptors (Lipinski definition) is 2. The third kappa shape index (κ3) is 1.87. The molecule has 2 heteroatoms. The van der Waals surface area contributed by atoms with E-state index in [1.165, 1.54) is 0 Å². The molecular formula is C9H14N2. The Morgan fingerprint density at radius 1 is 1.18 bits per heavy atom. The highest BCUT2D eigenvalue weighted by molar-refractivity contribution is 5.06. The van der Waals surface area contributed by atoms with Crippen LogP contribution in [-0.2, 0) is 0 Å². The van der Waals surface area contributed by atoms with Crippen LogP contribution in [0, 0.1) is 0 Å². The van der Waals surface area contributed by atoms with Crippen LogP contribution in [0.4, 0.5) is 0 Å². The van der Waals surface area contributed by atoms with Gasteiger partial charge in [0.2, 0.25) is 0 Å². The molecule has 0 radical (unpaired) electrons. The van der Waals surface area contributed by atoms with Gasteiger partial charge < -0.3 is 9.80 Å². The van der Waals surface area contributed by atoms with Crippen molar-refractivity contribution in [3.8, 4) is 0 Å². The molecule has 2 nitrogen and oxygen atoms in total. The quantitative estimate of drug-likeness (QED) is 0.519. The molecule has 0 amide bonds. The molecule has 0 unspecified atom stereocenters. The average molecular weight is 150 g/mol. The maximum atomic E-state index is 3.93. The molecule has 1 aliphatic heterocycles. The van der Waals surface area contributed by atoms with Crippen LogP contribution < -0.4 is 0 Å². The van der Waals surface area contributed by atoms with Gasteiger partial charge in [0.15, 0.2) is 0 Å². The van der Waals surface area contributed by atoms with Crippen molar-refractivity contribution in [3.05, 3.63) is 37.0 Å². The molecule has 0 saturated heterocycles. The molecule has 0 atom stereocenters. The summed E-state index contributed by atoms with van der Waals surface area (Å²) in [5.41, 5.74) is 0. The number of hydrogen-bond donors (Lipinski definition) is 0. The van der Waals surface area contributed by atoms with Gasteiger partial charge >= 0.3 is 0 Å². The van der Waals surface area contributed by atoms with Gasteiger partial charge in [0.25, 0.3) is 0 Å². The zero-order chi connectivity index (χ0) is 8.27. The Bertz CT molecular complexity index is 184. The van der Waals surface area contributed by atoms with Gasteiger partial charge in [-0.2, -0.15) is 0 Å². The maximum Gasteiger partial charge on any atom is 0.104 e. The highest BCUT2D eigenvalue weighted by Crippen LogP contribution is 2.08. The standard InChI is InChI=1S/C9H14N2/c1-9-10(2)7-5-4-6-8-11(9)3/h5-8H,1,4H2,2-3H3/b7-5-,8-6-. The Morgan fingerprint density at radius 2 is 1.64 bits per heavy atom. The summed E-state index contributed by atoms with van der Waals surface area (Å²) in [6, 6.07) is 0. The smallest absolute Gasteiger partial charge is 0.104 e. The molecule has 0 aromatic carbocycles. The Kier molecular flexibility index (Phi) is 2.36. The first-order chi connectivity index (χ1) is 5.22. The molecule has 0 bridgehead atoms. The lowest BCUT2D eigenvalue weighted by Crippen LogP contribution is -2.22. The van der Waals surface area contributed by atoms with Crippen molar-refractivity contribution >= 4 is 0 Å². The van der Waals surface area contributed by atoms with Gasteiger partial charge in [-0.3, -0.25) is 0 Å². The average Bonchev–Trinajstić information content (AvgIpc) is 2.00. The predicted octanol–water partition coefficient (Wildman–Crippen LogP) is 1.75. The lowest BCUT2D eigenvalue weighted by Gasteiger charge is -2.25. The minimum absolute atomic E-state index is 0.984. The van der Waals surface area contributed by atoms with Gasteiger partial charge in [-0.15, -0.1) is 0 Å². The lowest BCUT2D eigenvalue weighted by atomic mass is 10.3. The van der Waals surface area contributed by atoms with Crippen LogP contribution in [-0.4, -0.2) is 23.9 Å². The minimum Gasteiger partial charge on any atom is -0.338 e. The Labute approximate surface area is 68.1 Å². The summed E-state index contributed by atoms with van der Waals surface area (Å²) >= 11 is 0. The third-order valence-electron chi connectivity index (χ3n) is 1.74. The van der Waals surface area contributed by atoms with Crippen molar-refractivity contribution < 1.29 is 0 Å². The van der Waals surface area contributed by atoms with Crippen molar-refractivity contribution in [2.45, 2.75) is 6.42 Å². The molecule has 0 fully saturated rings. The van der Waals surface area contributed by atoms with E-state index < -0.39 is 0 Å². The number of rotatable bonds is 0. The fourth-order valence-electron chi connectivity index (χ4n) is 0.937. The van der Waals surface area contributed by atoms with Crippen LogP contribution in [0.5, 0.6) is 0 Å². The zero-order valence-electron chi connectivity index (χ0n) is 7.12. The molecule has 0 aromatic rings. The third-order valence-corrected chi connectivity index (χ3v) is 1.74. The summed E-state index contributed by atoms with van der Waals surface area (Å²) in [5.74, 6) is 0.984. The van der Waals surface area contributed by atoms with Crippen LogP contribution in [0.15, 0.2) is 37.0 Å². The fourth-order valence-corrected chi connectivity index (χ4v) is 0.937. The van der Waals surface area contributed by atoms with Gasteiger partial charge in [-0.05, 0) is 6.42 Å². The minimum atomic E-state index is 0.984. The summed E-state index contributed by atoms with van der Waals surface area (Å²) in [5, 5.41) is 0. The van der Waals surface area contributed by atoms with Crippen LogP contribution in [0.2, 0.25) is 0 Å². The topological polar surface area (TPSA) is 6.48 Å². The Balaban J connectivity index is 2.75. The Hall–Kier alpha value is -1.18. The van der Waals surface area contributed by atoms with Crippen LogP contribution >= 0.6 is 0 Å². The van der Waals surface area contributed by atoms with Gasteiger partial charge in [-0.25, -0.2) is 0 Å². The van der Waals surface area contributed by atoms with Gasteiger partial charge in [0.05, 0.1) is 0 Å². The van der Waals surface area contributed by atoms with E-state index in [9.17, 15) is 0 Å². The SMILES string of the molecule is C=C1N(C)/C=C\C/C=C\N1C. The maximum absolute atomic E-state index is 3.93. The summed E-state index contributed by atoms with van der Waals surface area (Å²) in [6.45, 7) is 3.93. The molecule has 60 valence electrons. The summed E-state index contributed by atoms with van der Waals surface area (Å²) in [7, 11) is 3.99. The normalized spacial score (nSPS) is 24.4. The van der Waals surface area contributed by atoms with Crippen molar-refractivity contribution in [3.63, 3.8) is 0 Å². The molecule has 0 spiro atoms. The van der Waals surface area contributed by atoms with E-state index in [0.29, 0.717) is 0 Å². The van der Waals surface area contributed by atoms with E-state index >= 15 is 0 Å². The fraction of sp³-hybridized carbons (Fsp3) is 0.333. The van der Waals surface area contributed by atoms with E-state index in [0.717, 1.165) is 12.2 Å². The molecule has 0 N–H and O–H groups in total. The first-order valence-corrected chi connectivity index (χ1v) is 3.69. The second-order valence-corrected chi connectivity index (χ2v) is 2.64. The van der Waals surface area contributed by atoms with Gasteiger partial charge in [0.1, 0.15) is 5.82 Å². The molecule has 0 aromatic heterocycles. The van der Waals surface area contributed by atoms with Crippen molar-refractivity contribution in [1.29, 1.82) is 0 Å². The molecule has 1 rings (SSSR count). The van der Waals surface area contributed by atoms with Crippen LogP contribution in [0.1, 0.15) is 6.42 Å². The molecule has 11 heavy (non-hydrogen) atoms. The van der Waals surface area contributed by atoms with Gasteiger partial charge in [-0.1, -0.05) is 18.7 Å². The second kappa shape index (κ2) is 3.28. The largest absolute Gasteiger partial charge is 0.338 e. The molecule has 0 aliphatic carbocycles. The molecule has 1 heterocycles. The number of allylic oxidation sites excluding steroid dienone is 2. The summed E-state index contributed by atoms with van der Waals surface area (Å²) < 4.78 is 0. The molecule has 0 saturated carbocycles. The van der Waals surface area contributed by atoms with E-state index in [4.69, 9.17) is 0 Å². The van der Waals surface area contributed by atoms with Crippen LogP contribution in [0.25, 0.3) is 0 Å². The van der Waals surface area contributed by atoms with E-state index in [2.05, 4.69) is 18.7 Å². The number of nitrogens with zero attached hydrogens (tertiary/aromatic N) is 2. The van der Waals surface area contributed by atoms with Crippen molar-refractivity contribution in [2.24, 2.45) is 0 Å². The van der Waals surface area contributed by atoms with E-state index in [-0.39, 0.29) is 0 Å². The zero-order valence-corrected chi connectivity index (χ0v) is 7.12. The predicted molar refractivity (Wildman–Crippen MR) is 47.6 cm³/mol. The van der Waals surface area contributed by atoms with E-state index in [1.54, 1.807) is 0 Å². The highest BCUT2D eigenvalue weighted by Gasteiger charge is 2.02. The Morgan fingerprint density at radius 3 is 2.09 bits per heavy atom. The molecule has 1 aliphatic rings. The first-order valence-electron chi connectivity index (χ1n) is 3.69. The highest BCUT2D eigenvalue weighted by atomic mass is 15.3. The summed E-state index contributed by atoms with van der Waals surface area (Å²) in [6.07, 6.45) is 9.26. The van der Waals surface area contributed by atoms with E-state index in [1.807, 2.05) is 36.3 Å². The van der Waals surface area contributed by atoms with Crippen molar-refractivity contribution in [2.75, 3.05) is 14.1 Å². The second-order valence-electron chi connectivity index (χ2n) is 2.64. The molecular weight excluding hydrogens is 136 g/mol. The monoisotopic (exact) mass is 150 g/mol. The van der Waals surface area contributed by atoms with Crippen LogP contribution in [0.3, 0.4) is 0 Å². The first kappa shape index (κ1) is 7.92. The summed E-state index contributed by atoms with van der Waals surface area (Å²) in [4.78, 5) is 4.01. The lowest BCUT2D eigenvalue weighted by molar-refractivity contribution is 0.394. The van der Waals surface area contributed by atoms with Gasteiger partial charge in [0, 0.05) is 26.5 Å². The van der Waals surface area contributed by atoms with Crippen molar-refractivity contribution in [1.82, 2.24) is 9.80 Å².